The number of rotatable bonds is 6. The van der Waals surface area contributed by atoms with E-state index in [2.05, 4.69) is 19.2 Å². The first kappa shape index (κ1) is 12.6. The highest BCUT2D eigenvalue weighted by Gasteiger charge is 2.30. The Morgan fingerprint density at radius 1 is 1.29 bits per heavy atom. The van der Waals surface area contributed by atoms with Crippen LogP contribution >= 0.6 is 0 Å². The molecule has 0 aliphatic heterocycles. The average molecular weight is 235 g/mol. The van der Waals surface area contributed by atoms with Crippen molar-refractivity contribution in [2.24, 2.45) is 5.92 Å². The molecule has 2 atom stereocenters. The Labute approximate surface area is 103 Å². The van der Waals surface area contributed by atoms with Gasteiger partial charge in [0.1, 0.15) is 5.82 Å². The van der Waals surface area contributed by atoms with Gasteiger partial charge in [-0.2, -0.15) is 0 Å². The molecule has 0 aromatic heterocycles. The SMILES string of the molecule is CCC(NC(C)Cc1ccc(F)cc1)C1CC1. The van der Waals surface area contributed by atoms with E-state index in [-0.39, 0.29) is 5.82 Å². The lowest BCUT2D eigenvalue weighted by atomic mass is 10.0. The fourth-order valence-electron chi connectivity index (χ4n) is 2.48. The molecule has 1 aromatic carbocycles. The van der Waals surface area contributed by atoms with Gasteiger partial charge in [-0.3, -0.25) is 0 Å². The lowest BCUT2D eigenvalue weighted by Gasteiger charge is -2.22. The molecule has 0 heterocycles. The number of halogens is 1. The van der Waals surface area contributed by atoms with Crippen LogP contribution in [0.1, 0.15) is 38.7 Å². The summed E-state index contributed by atoms with van der Waals surface area (Å²) in [5, 5.41) is 3.70. The largest absolute Gasteiger partial charge is 0.311 e. The molecule has 0 amide bonds. The molecule has 1 nitrogen and oxygen atoms in total. The van der Waals surface area contributed by atoms with Gasteiger partial charge in [-0.05, 0) is 56.2 Å². The summed E-state index contributed by atoms with van der Waals surface area (Å²) in [6.07, 6.45) is 4.95. The van der Waals surface area contributed by atoms with Crippen LogP contribution in [0.4, 0.5) is 4.39 Å². The summed E-state index contributed by atoms with van der Waals surface area (Å²) >= 11 is 0. The van der Waals surface area contributed by atoms with Gasteiger partial charge in [0, 0.05) is 12.1 Å². The van der Waals surface area contributed by atoms with E-state index in [4.69, 9.17) is 0 Å². The van der Waals surface area contributed by atoms with E-state index in [1.807, 2.05) is 12.1 Å². The highest BCUT2D eigenvalue weighted by Crippen LogP contribution is 2.34. The molecule has 1 aliphatic carbocycles. The molecule has 17 heavy (non-hydrogen) atoms. The van der Waals surface area contributed by atoms with Crippen molar-refractivity contribution in [3.63, 3.8) is 0 Å². The van der Waals surface area contributed by atoms with Crippen LogP contribution in [0.2, 0.25) is 0 Å². The molecule has 1 saturated carbocycles. The Balaban J connectivity index is 1.83. The van der Waals surface area contributed by atoms with Crippen LogP contribution in [0.3, 0.4) is 0 Å². The Bertz CT molecular complexity index is 342. The van der Waals surface area contributed by atoms with Crippen molar-refractivity contribution in [2.45, 2.75) is 51.6 Å². The van der Waals surface area contributed by atoms with Gasteiger partial charge in [0.15, 0.2) is 0 Å². The van der Waals surface area contributed by atoms with E-state index >= 15 is 0 Å². The van der Waals surface area contributed by atoms with Crippen molar-refractivity contribution in [2.75, 3.05) is 0 Å². The summed E-state index contributed by atoms with van der Waals surface area (Å²) in [6, 6.07) is 7.98. The topological polar surface area (TPSA) is 12.0 Å². The van der Waals surface area contributed by atoms with Crippen LogP contribution in [-0.2, 0) is 6.42 Å². The van der Waals surface area contributed by atoms with Crippen LogP contribution in [-0.4, -0.2) is 12.1 Å². The first-order valence-electron chi connectivity index (χ1n) is 6.69. The summed E-state index contributed by atoms with van der Waals surface area (Å²) in [5.74, 6) is 0.745. The quantitative estimate of drug-likeness (QED) is 0.795. The molecule has 2 unspecified atom stereocenters. The third-order valence-corrected chi connectivity index (χ3v) is 3.58. The van der Waals surface area contributed by atoms with Crippen molar-refractivity contribution in [1.29, 1.82) is 0 Å². The van der Waals surface area contributed by atoms with E-state index in [1.54, 1.807) is 12.1 Å². The zero-order valence-corrected chi connectivity index (χ0v) is 10.7. The average Bonchev–Trinajstić information content (AvgIpc) is 3.13. The third kappa shape index (κ3) is 3.81. The monoisotopic (exact) mass is 235 g/mol. The van der Waals surface area contributed by atoms with Gasteiger partial charge in [0.2, 0.25) is 0 Å². The standard InChI is InChI=1S/C15H22FN/c1-3-15(13-6-7-13)17-11(2)10-12-4-8-14(16)9-5-12/h4-5,8-9,11,13,15,17H,3,6-7,10H2,1-2H3. The first-order valence-corrected chi connectivity index (χ1v) is 6.69. The van der Waals surface area contributed by atoms with E-state index in [1.165, 1.54) is 24.8 Å². The lowest BCUT2D eigenvalue weighted by molar-refractivity contribution is 0.397. The summed E-state index contributed by atoms with van der Waals surface area (Å²) in [6.45, 7) is 4.47. The zero-order valence-electron chi connectivity index (χ0n) is 10.7. The molecule has 1 fully saturated rings. The molecule has 1 aliphatic rings. The predicted octanol–water partition coefficient (Wildman–Crippen LogP) is 3.53. The van der Waals surface area contributed by atoms with Gasteiger partial charge in [0.05, 0.1) is 0 Å². The van der Waals surface area contributed by atoms with Gasteiger partial charge < -0.3 is 5.32 Å². The molecular weight excluding hydrogens is 213 g/mol. The molecule has 0 radical (unpaired) electrons. The minimum atomic E-state index is -0.154. The second-order valence-corrected chi connectivity index (χ2v) is 5.25. The zero-order chi connectivity index (χ0) is 12.3. The molecule has 0 spiro atoms. The van der Waals surface area contributed by atoms with Gasteiger partial charge >= 0.3 is 0 Å². The molecule has 94 valence electrons. The summed E-state index contributed by atoms with van der Waals surface area (Å²) in [5.41, 5.74) is 1.21. The Morgan fingerprint density at radius 2 is 1.94 bits per heavy atom. The lowest BCUT2D eigenvalue weighted by Crippen LogP contribution is -2.38. The third-order valence-electron chi connectivity index (χ3n) is 3.58. The normalized spacial score (nSPS) is 19.0. The van der Waals surface area contributed by atoms with E-state index in [0.29, 0.717) is 12.1 Å². The van der Waals surface area contributed by atoms with Crippen molar-refractivity contribution in [3.8, 4) is 0 Å². The van der Waals surface area contributed by atoms with Gasteiger partial charge in [-0.1, -0.05) is 19.1 Å². The van der Waals surface area contributed by atoms with E-state index in [9.17, 15) is 4.39 Å². The summed E-state index contributed by atoms with van der Waals surface area (Å²) in [7, 11) is 0. The van der Waals surface area contributed by atoms with Crippen molar-refractivity contribution in [1.82, 2.24) is 5.32 Å². The smallest absolute Gasteiger partial charge is 0.123 e. The molecule has 2 heteroatoms. The second-order valence-electron chi connectivity index (χ2n) is 5.25. The van der Waals surface area contributed by atoms with Gasteiger partial charge in [0.25, 0.3) is 0 Å². The molecule has 0 saturated heterocycles. The second kappa shape index (κ2) is 5.63. The van der Waals surface area contributed by atoms with E-state index < -0.39 is 0 Å². The van der Waals surface area contributed by atoms with E-state index in [0.717, 1.165) is 12.3 Å². The molecular formula is C15H22FN. The van der Waals surface area contributed by atoms with Crippen LogP contribution in [0.25, 0.3) is 0 Å². The Kier molecular flexibility index (Phi) is 4.16. The number of hydrogen-bond acceptors (Lipinski definition) is 1. The molecule has 1 aromatic rings. The van der Waals surface area contributed by atoms with Crippen molar-refractivity contribution < 1.29 is 4.39 Å². The number of benzene rings is 1. The molecule has 2 rings (SSSR count). The van der Waals surface area contributed by atoms with Crippen LogP contribution in [0.15, 0.2) is 24.3 Å². The van der Waals surface area contributed by atoms with Crippen LogP contribution < -0.4 is 5.32 Å². The minimum Gasteiger partial charge on any atom is -0.311 e. The van der Waals surface area contributed by atoms with Gasteiger partial charge in [-0.25, -0.2) is 4.39 Å². The highest BCUT2D eigenvalue weighted by atomic mass is 19.1. The first-order chi connectivity index (χ1) is 8.19. The fraction of sp³-hybridized carbons (Fsp3) is 0.600. The number of hydrogen-bond donors (Lipinski definition) is 1. The van der Waals surface area contributed by atoms with Crippen molar-refractivity contribution >= 4 is 0 Å². The summed E-state index contributed by atoms with van der Waals surface area (Å²) < 4.78 is 12.8. The van der Waals surface area contributed by atoms with Crippen LogP contribution in [0, 0.1) is 11.7 Å². The highest BCUT2D eigenvalue weighted by molar-refractivity contribution is 5.17. The summed E-state index contributed by atoms with van der Waals surface area (Å²) in [4.78, 5) is 0. The number of nitrogens with one attached hydrogen (secondary N) is 1. The van der Waals surface area contributed by atoms with Gasteiger partial charge in [-0.15, -0.1) is 0 Å². The molecule has 0 bridgehead atoms. The maximum Gasteiger partial charge on any atom is 0.123 e. The Morgan fingerprint density at radius 3 is 2.47 bits per heavy atom. The minimum absolute atomic E-state index is 0.154. The maximum atomic E-state index is 12.8. The Hall–Kier alpha value is -0.890. The fourth-order valence-corrected chi connectivity index (χ4v) is 2.48. The predicted molar refractivity (Wildman–Crippen MR) is 69.5 cm³/mol. The molecule has 1 N–H and O–H groups in total. The van der Waals surface area contributed by atoms with Crippen LogP contribution in [0.5, 0.6) is 0 Å². The maximum absolute atomic E-state index is 12.8. The van der Waals surface area contributed by atoms with Crippen molar-refractivity contribution in [3.05, 3.63) is 35.6 Å².